The molecule has 0 spiro atoms. The summed E-state index contributed by atoms with van der Waals surface area (Å²) in [5, 5.41) is 0. The molecular formula is C17H18N2O3S. The van der Waals surface area contributed by atoms with E-state index in [2.05, 4.69) is 4.72 Å². The molecule has 0 radical (unpaired) electrons. The van der Waals surface area contributed by atoms with E-state index in [0.29, 0.717) is 19.4 Å². The van der Waals surface area contributed by atoms with Gasteiger partial charge in [-0.3, -0.25) is 4.79 Å². The molecule has 1 aliphatic rings. The number of nitrogens with two attached hydrogens (primary N) is 1. The zero-order valence-electron chi connectivity index (χ0n) is 12.5. The highest BCUT2D eigenvalue weighted by atomic mass is 32.2. The maximum Gasteiger partial charge on any atom is 0.264 e. The first-order valence-electron chi connectivity index (χ1n) is 7.42. The Morgan fingerprint density at radius 2 is 1.61 bits per heavy atom. The summed E-state index contributed by atoms with van der Waals surface area (Å²) in [6, 6.07) is 14.0. The van der Waals surface area contributed by atoms with E-state index in [1.165, 1.54) is 12.1 Å². The van der Waals surface area contributed by atoms with Gasteiger partial charge in [-0.05, 0) is 41.7 Å². The summed E-state index contributed by atoms with van der Waals surface area (Å²) in [5.41, 5.74) is 8.55. The van der Waals surface area contributed by atoms with Crippen LogP contribution in [0.15, 0.2) is 53.4 Å². The Kier molecular flexibility index (Phi) is 4.19. The van der Waals surface area contributed by atoms with Crippen LogP contribution in [0.4, 0.5) is 0 Å². The smallest absolute Gasteiger partial charge is 0.264 e. The van der Waals surface area contributed by atoms with E-state index in [-0.39, 0.29) is 10.8 Å². The van der Waals surface area contributed by atoms with E-state index >= 15 is 0 Å². The van der Waals surface area contributed by atoms with Gasteiger partial charge in [-0.25, -0.2) is 13.1 Å². The average molecular weight is 330 g/mol. The molecular weight excluding hydrogens is 312 g/mol. The lowest BCUT2D eigenvalue weighted by molar-refractivity contribution is -0.122. The molecule has 0 bridgehead atoms. The van der Waals surface area contributed by atoms with Crippen molar-refractivity contribution < 1.29 is 13.2 Å². The molecule has 6 heteroatoms. The molecule has 120 valence electrons. The largest absolute Gasteiger partial charge is 0.326 e. The molecule has 0 atom stereocenters. The van der Waals surface area contributed by atoms with Crippen molar-refractivity contribution in [2.45, 2.75) is 24.3 Å². The topological polar surface area (TPSA) is 89.3 Å². The molecule has 0 aromatic heterocycles. The van der Waals surface area contributed by atoms with Crippen LogP contribution in [-0.4, -0.2) is 14.3 Å². The van der Waals surface area contributed by atoms with Crippen LogP contribution in [0.25, 0.3) is 0 Å². The first-order chi connectivity index (χ1) is 11.0. The number of hydrogen-bond acceptors (Lipinski definition) is 4. The van der Waals surface area contributed by atoms with E-state index in [9.17, 15) is 13.2 Å². The number of sulfonamides is 1. The highest BCUT2D eigenvalue weighted by Crippen LogP contribution is 2.26. The minimum Gasteiger partial charge on any atom is -0.326 e. The van der Waals surface area contributed by atoms with Crippen molar-refractivity contribution in [2.24, 2.45) is 11.7 Å². The third-order valence-corrected chi connectivity index (χ3v) is 5.49. The molecule has 23 heavy (non-hydrogen) atoms. The Labute approximate surface area is 135 Å². The Hall–Kier alpha value is -2.18. The van der Waals surface area contributed by atoms with Crippen LogP contribution < -0.4 is 10.5 Å². The third kappa shape index (κ3) is 3.28. The molecule has 2 aromatic rings. The van der Waals surface area contributed by atoms with Crippen molar-refractivity contribution in [1.29, 1.82) is 0 Å². The van der Waals surface area contributed by atoms with E-state index in [4.69, 9.17) is 5.73 Å². The summed E-state index contributed by atoms with van der Waals surface area (Å²) in [5.74, 6) is -0.797. The summed E-state index contributed by atoms with van der Waals surface area (Å²) >= 11 is 0. The standard InChI is InChI=1S/C17H18N2O3S/c18-11-12-5-7-16(8-6-12)23(21,22)19-17(20)15-9-13-3-1-2-4-14(13)10-15/h1-8,15H,9-11,18H2,(H,19,20). The second kappa shape index (κ2) is 6.14. The molecule has 5 nitrogen and oxygen atoms in total. The molecule has 1 aliphatic carbocycles. The first kappa shape index (κ1) is 15.7. The van der Waals surface area contributed by atoms with E-state index in [0.717, 1.165) is 16.7 Å². The van der Waals surface area contributed by atoms with Gasteiger partial charge in [0.1, 0.15) is 0 Å². The Balaban J connectivity index is 1.72. The van der Waals surface area contributed by atoms with Crippen molar-refractivity contribution in [3.05, 3.63) is 65.2 Å². The fourth-order valence-electron chi connectivity index (χ4n) is 2.82. The number of rotatable bonds is 4. The van der Waals surface area contributed by atoms with Gasteiger partial charge >= 0.3 is 0 Å². The molecule has 3 N–H and O–H groups in total. The van der Waals surface area contributed by atoms with Gasteiger partial charge < -0.3 is 5.73 Å². The SMILES string of the molecule is NCc1ccc(S(=O)(=O)NC(=O)C2Cc3ccccc3C2)cc1. The van der Waals surface area contributed by atoms with Crippen molar-refractivity contribution in [3.63, 3.8) is 0 Å². The van der Waals surface area contributed by atoms with Crippen LogP contribution in [0.1, 0.15) is 16.7 Å². The van der Waals surface area contributed by atoms with Gasteiger partial charge in [0.05, 0.1) is 4.90 Å². The van der Waals surface area contributed by atoms with Crippen LogP contribution in [0.2, 0.25) is 0 Å². The molecule has 2 aromatic carbocycles. The Bertz CT molecular complexity index is 804. The number of carbonyl (C=O) groups excluding carboxylic acids is 1. The second-order valence-corrected chi connectivity index (χ2v) is 7.37. The fraction of sp³-hybridized carbons (Fsp3) is 0.235. The van der Waals surface area contributed by atoms with Gasteiger partial charge in [-0.15, -0.1) is 0 Å². The van der Waals surface area contributed by atoms with Crippen molar-refractivity contribution in [1.82, 2.24) is 4.72 Å². The Morgan fingerprint density at radius 3 is 2.13 bits per heavy atom. The number of nitrogens with one attached hydrogen (secondary N) is 1. The summed E-state index contributed by atoms with van der Waals surface area (Å²) in [6.07, 6.45) is 1.15. The minimum atomic E-state index is -3.85. The molecule has 0 unspecified atom stereocenters. The highest BCUT2D eigenvalue weighted by molar-refractivity contribution is 7.90. The fourth-order valence-corrected chi connectivity index (χ4v) is 3.87. The maximum atomic E-state index is 12.3. The Morgan fingerprint density at radius 1 is 1.04 bits per heavy atom. The van der Waals surface area contributed by atoms with Crippen LogP contribution in [0.5, 0.6) is 0 Å². The molecule has 0 fully saturated rings. The molecule has 1 amide bonds. The summed E-state index contributed by atoms with van der Waals surface area (Å²) in [4.78, 5) is 12.4. The van der Waals surface area contributed by atoms with Crippen molar-refractivity contribution in [2.75, 3.05) is 0 Å². The predicted molar refractivity (Wildman–Crippen MR) is 87.0 cm³/mol. The summed E-state index contributed by atoms with van der Waals surface area (Å²) in [7, 11) is -3.85. The number of fused-ring (bicyclic) bond motifs is 1. The molecule has 0 saturated heterocycles. The lowest BCUT2D eigenvalue weighted by atomic mass is 10.1. The quantitative estimate of drug-likeness (QED) is 0.886. The summed E-state index contributed by atoms with van der Waals surface area (Å²) in [6.45, 7) is 0.340. The number of amides is 1. The van der Waals surface area contributed by atoms with Gasteiger partial charge in [-0.2, -0.15) is 0 Å². The van der Waals surface area contributed by atoms with Gasteiger partial charge in [0.2, 0.25) is 5.91 Å². The van der Waals surface area contributed by atoms with Crippen LogP contribution >= 0.6 is 0 Å². The van der Waals surface area contributed by atoms with Crippen LogP contribution in [0, 0.1) is 5.92 Å². The van der Waals surface area contributed by atoms with E-state index in [1.807, 2.05) is 24.3 Å². The van der Waals surface area contributed by atoms with Crippen LogP contribution in [-0.2, 0) is 34.2 Å². The summed E-state index contributed by atoms with van der Waals surface area (Å²) < 4.78 is 26.8. The van der Waals surface area contributed by atoms with Gasteiger partial charge in [0.15, 0.2) is 0 Å². The first-order valence-corrected chi connectivity index (χ1v) is 8.90. The van der Waals surface area contributed by atoms with Gasteiger partial charge in [-0.1, -0.05) is 36.4 Å². The van der Waals surface area contributed by atoms with Gasteiger partial charge in [0, 0.05) is 12.5 Å². The zero-order valence-corrected chi connectivity index (χ0v) is 13.3. The lowest BCUT2D eigenvalue weighted by Crippen LogP contribution is -2.36. The number of carbonyl (C=O) groups is 1. The van der Waals surface area contributed by atoms with E-state index in [1.54, 1.807) is 12.1 Å². The number of hydrogen-bond donors (Lipinski definition) is 2. The maximum absolute atomic E-state index is 12.3. The zero-order chi connectivity index (χ0) is 16.4. The molecule has 0 heterocycles. The predicted octanol–water partition coefficient (Wildman–Crippen LogP) is 1.37. The number of benzene rings is 2. The van der Waals surface area contributed by atoms with Crippen molar-refractivity contribution >= 4 is 15.9 Å². The third-order valence-electron chi connectivity index (χ3n) is 4.13. The molecule has 0 aliphatic heterocycles. The molecule has 3 rings (SSSR count). The normalized spacial score (nSPS) is 14.5. The lowest BCUT2D eigenvalue weighted by Gasteiger charge is -2.11. The van der Waals surface area contributed by atoms with Crippen LogP contribution in [0.3, 0.4) is 0 Å². The van der Waals surface area contributed by atoms with E-state index < -0.39 is 15.9 Å². The van der Waals surface area contributed by atoms with Gasteiger partial charge in [0.25, 0.3) is 10.0 Å². The second-order valence-electron chi connectivity index (χ2n) is 5.69. The monoisotopic (exact) mass is 330 g/mol. The molecule has 0 saturated carbocycles. The van der Waals surface area contributed by atoms with Crippen molar-refractivity contribution in [3.8, 4) is 0 Å². The minimum absolute atomic E-state index is 0.0681. The average Bonchev–Trinajstić information content (AvgIpc) is 2.99. The highest BCUT2D eigenvalue weighted by Gasteiger charge is 2.30.